The molecule has 2 atom stereocenters. The molecular formula is C19H24N3O4+. The number of benzene rings is 2. The monoisotopic (exact) mass is 358 g/mol. The molecule has 7 nitrogen and oxygen atoms in total. The average Bonchev–Trinajstić information content (AvgIpc) is 2.63. The Morgan fingerprint density at radius 3 is 2.50 bits per heavy atom. The molecule has 0 radical (unpaired) electrons. The number of ether oxygens (including phenoxy) is 1. The largest absolute Gasteiger partial charge is 0.494 e. The van der Waals surface area contributed by atoms with Gasteiger partial charge in [0.2, 0.25) is 0 Å². The van der Waals surface area contributed by atoms with Crippen molar-refractivity contribution in [1.29, 1.82) is 0 Å². The highest BCUT2D eigenvalue weighted by atomic mass is 16.6. The highest BCUT2D eigenvalue weighted by Crippen LogP contribution is 2.23. The predicted octanol–water partition coefficient (Wildman–Crippen LogP) is 2.04. The SMILES string of the molecule is CCOc1ccc(C[NH+](C)[C@H](C)C(=O)Nc2ccccc2[N+](=O)[O-])cc1. The van der Waals surface area contributed by atoms with E-state index >= 15 is 0 Å². The lowest BCUT2D eigenvalue weighted by Gasteiger charge is -2.21. The number of anilines is 1. The number of likely N-dealkylation sites (N-methyl/N-ethyl adjacent to an activating group) is 1. The fourth-order valence-electron chi connectivity index (χ4n) is 2.55. The Morgan fingerprint density at radius 1 is 1.23 bits per heavy atom. The third-order valence-corrected chi connectivity index (χ3v) is 4.21. The molecule has 0 bridgehead atoms. The van der Waals surface area contributed by atoms with Crippen LogP contribution in [0.25, 0.3) is 0 Å². The van der Waals surface area contributed by atoms with Crippen molar-refractivity contribution in [2.45, 2.75) is 26.4 Å². The van der Waals surface area contributed by atoms with Gasteiger partial charge in [0, 0.05) is 11.6 Å². The second-order valence-corrected chi connectivity index (χ2v) is 6.09. The molecule has 0 aromatic heterocycles. The number of nitro benzene ring substituents is 1. The first kappa shape index (κ1) is 19.4. The van der Waals surface area contributed by atoms with Crippen molar-refractivity contribution in [1.82, 2.24) is 0 Å². The van der Waals surface area contributed by atoms with Crippen LogP contribution in [0.5, 0.6) is 5.75 Å². The summed E-state index contributed by atoms with van der Waals surface area (Å²) >= 11 is 0. The van der Waals surface area contributed by atoms with Gasteiger partial charge in [-0.1, -0.05) is 12.1 Å². The summed E-state index contributed by atoms with van der Waals surface area (Å²) < 4.78 is 5.42. The van der Waals surface area contributed by atoms with Crippen LogP contribution in [-0.4, -0.2) is 30.5 Å². The summed E-state index contributed by atoms with van der Waals surface area (Å²) in [4.78, 5) is 24.0. The molecule has 0 aliphatic rings. The van der Waals surface area contributed by atoms with Crippen molar-refractivity contribution >= 4 is 17.3 Å². The standard InChI is InChI=1S/C19H23N3O4/c1-4-26-16-11-9-15(10-12-16)13-21(3)14(2)19(23)20-17-7-5-6-8-18(17)22(24)25/h5-12,14H,4,13H2,1-3H3,(H,20,23)/p+1/t14-/m1/s1. The molecule has 1 unspecified atom stereocenters. The first-order chi connectivity index (χ1) is 12.4. The summed E-state index contributed by atoms with van der Waals surface area (Å²) in [5, 5.41) is 13.7. The number of nitro groups is 1. The number of hydrogen-bond acceptors (Lipinski definition) is 4. The maximum absolute atomic E-state index is 12.5. The van der Waals surface area contributed by atoms with Crippen molar-refractivity contribution in [3.63, 3.8) is 0 Å². The van der Waals surface area contributed by atoms with Gasteiger partial charge < -0.3 is 15.0 Å². The Morgan fingerprint density at radius 2 is 1.88 bits per heavy atom. The maximum atomic E-state index is 12.5. The van der Waals surface area contributed by atoms with Crippen LogP contribution >= 0.6 is 0 Å². The van der Waals surface area contributed by atoms with Gasteiger partial charge in [0.05, 0.1) is 18.6 Å². The Bertz CT molecular complexity index is 762. The third kappa shape index (κ3) is 5.03. The van der Waals surface area contributed by atoms with Gasteiger partial charge in [-0.2, -0.15) is 0 Å². The van der Waals surface area contributed by atoms with Crippen molar-refractivity contribution in [2.75, 3.05) is 19.0 Å². The Hall–Kier alpha value is -2.93. The number of rotatable bonds is 8. The molecule has 138 valence electrons. The van der Waals surface area contributed by atoms with Gasteiger partial charge in [-0.25, -0.2) is 0 Å². The van der Waals surface area contributed by atoms with Gasteiger partial charge in [-0.3, -0.25) is 14.9 Å². The molecule has 7 heteroatoms. The van der Waals surface area contributed by atoms with Gasteiger partial charge in [-0.15, -0.1) is 0 Å². The summed E-state index contributed by atoms with van der Waals surface area (Å²) in [5.74, 6) is 0.554. The normalized spacial score (nSPS) is 12.9. The van der Waals surface area contributed by atoms with Gasteiger partial charge >= 0.3 is 0 Å². The highest BCUT2D eigenvalue weighted by molar-refractivity contribution is 5.95. The second-order valence-electron chi connectivity index (χ2n) is 6.09. The number of carbonyl (C=O) groups is 1. The van der Waals surface area contributed by atoms with E-state index in [9.17, 15) is 14.9 Å². The lowest BCUT2D eigenvalue weighted by atomic mass is 10.1. The number of amides is 1. The zero-order chi connectivity index (χ0) is 19.1. The predicted molar refractivity (Wildman–Crippen MR) is 99.4 cm³/mol. The van der Waals surface area contributed by atoms with E-state index in [0.717, 1.165) is 16.2 Å². The Labute approximate surface area is 152 Å². The number of hydrogen-bond donors (Lipinski definition) is 2. The molecule has 2 aromatic carbocycles. The molecular weight excluding hydrogens is 334 g/mol. The molecule has 26 heavy (non-hydrogen) atoms. The zero-order valence-electron chi connectivity index (χ0n) is 15.2. The lowest BCUT2D eigenvalue weighted by Crippen LogP contribution is -3.12. The van der Waals surface area contributed by atoms with Gasteiger partial charge in [0.1, 0.15) is 18.0 Å². The van der Waals surface area contributed by atoms with E-state index in [0.29, 0.717) is 13.2 Å². The summed E-state index contributed by atoms with van der Waals surface area (Å²) in [6.45, 7) is 5.00. The highest BCUT2D eigenvalue weighted by Gasteiger charge is 2.24. The first-order valence-electron chi connectivity index (χ1n) is 8.50. The van der Waals surface area contributed by atoms with Gasteiger partial charge in [-0.05, 0) is 44.2 Å². The summed E-state index contributed by atoms with van der Waals surface area (Å²) in [6, 6.07) is 13.5. The molecule has 0 aliphatic heterocycles. The van der Waals surface area contributed by atoms with Crippen LogP contribution in [0.1, 0.15) is 19.4 Å². The minimum absolute atomic E-state index is 0.114. The molecule has 0 heterocycles. The molecule has 0 fully saturated rings. The van der Waals surface area contributed by atoms with Crippen LogP contribution < -0.4 is 15.0 Å². The number of nitrogens with one attached hydrogen (secondary N) is 2. The average molecular weight is 358 g/mol. The summed E-state index contributed by atoms with van der Waals surface area (Å²) in [6.07, 6.45) is 0. The third-order valence-electron chi connectivity index (χ3n) is 4.21. The number of quaternary nitrogens is 1. The summed E-state index contributed by atoms with van der Waals surface area (Å²) in [5.41, 5.74) is 1.18. The molecule has 0 aliphatic carbocycles. The van der Waals surface area contributed by atoms with E-state index in [1.807, 2.05) is 38.2 Å². The molecule has 1 amide bonds. The molecule has 0 spiro atoms. The van der Waals surface area contributed by atoms with E-state index in [4.69, 9.17) is 4.74 Å². The van der Waals surface area contributed by atoms with E-state index < -0.39 is 4.92 Å². The smallest absolute Gasteiger partial charge is 0.292 e. The number of nitrogens with zero attached hydrogens (tertiary/aromatic N) is 1. The van der Waals surface area contributed by atoms with Crippen LogP contribution in [0.3, 0.4) is 0 Å². The minimum Gasteiger partial charge on any atom is -0.494 e. The molecule has 2 aromatic rings. The lowest BCUT2D eigenvalue weighted by molar-refractivity contribution is -0.907. The van der Waals surface area contributed by atoms with E-state index in [1.165, 1.54) is 12.1 Å². The van der Waals surface area contributed by atoms with E-state index in [-0.39, 0.29) is 23.3 Å². The molecule has 2 rings (SSSR count). The van der Waals surface area contributed by atoms with Crippen LogP contribution in [0.2, 0.25) is 0 Å². The van der Waals surface area contributed by atoms with Crippen molar-refractivity contribution in [3.05, 3.63) is 64.2 Å². The zero-order valence-corrected chi connectivity index (χ0v) is 15.2. The topological polar surface area (TPSA) is 85.9 Å². The number of para-hydroxylation sites is 2. The fraction of sp³-hybridized carbons (Fsp3) is 0.316. The van der Waals surface area contributed by atoms with E-state index in [2.05, 4.69) is 5.32 Å². The van der Waals surface area contributed by atoms with Crippen molar-refractivity contribution < 1.29 is 19.4 Å². The second kappa shape index (κ2) is 8.96. The number of carbonyl (C=O) groups excluding carboxylic acids is 1. The van der Waals surface area contributed by atoms with Crippen LogP contribution in [-0.2, 0) is 11.3 Å². The molecule has 0 saturated heterocycles. The van der Waals surface area contributed by atoms with Crippen molar-refractivity contribution in [3.8, 4) is 5.75 Å². The fourth-order valence-corrected chi connectivity index (χ4v) is 2.55. The van der Waals surface area contributed by atoms with Crippen LogP contribution in [0, 0.1) is 10.1 Å². The Kier molecular flexibility index (Phi) is 6.68. The van der Waals surface area contributed by atoms with Gasteiger partial charge in [0.15, 0.2) is 6.04 Å². The summed E-state index contributed by atoms with van der Waals surface area (Å²) in [7, 11) is 1.92. The van der Waals surface area contributed by atoms with Crippen molar-refractivity contribution in [2.24, 2.45) is 0 Å². The Balaban J connectivity index is 2.00. The van der Waals surface area contributed by atoms with E-state index in [1.54, 1.807) is 19.1 Å². The molecule has 2 N–H and O–H groups in total. The maximum Gasteiger partial charge on any atom is 0.292 e. The first-order valence-corrected chi connectivity index (χ1v) is 8.50. The van der Waals surface area contributed by atoms with Crippen LogP contribution in [0.15, 0.2) is 48.5 Å². The van der Waals surface area contributed by atoms with Crippen LogP contribution in [0.4, 0.5) is 11.4 Å². The van der Waals surface area contributed by atoms with Gasteiger partial charge in [0.25, 0.3) is 11.6 Å². The molecule has 0 saturated carbocycles. The minimum atomic E-state index is -0.503. The quantitative estimate of drug-likeness (QED) is 0.558.